The molecule has 6 rings (SSSR count). The van der Waals surface area contributed by atoms with Crippen LogP contribution in [0.5, 0.6) is 5.75 Å². The minimum Gasteiger partial charge on any atom is -0.489 e. The van der Waals surface area contributed by atoms with Crippen LogP contribution in [0.15, 0.2) is 48.5 Å². The van der Waals surface area contributed by atoms with Gasteiger partial charge in [-0.25, -0.2) is 4.79 Å². The first kappa shape index (κ1) is 25.7. The molecule has 0 spiro atoms. The Hall–Kier alpha value is -2.57. The molecule has 0 N–H and O–H groups in total. The highest BCUT2D eigenvalue weighted by Gasteiger charge is 2.56. The third kappa shape index (κ3) is 5.05. The Morgan fingerprint density at radius 1 is 1.03 bits per heavy atom. The molecule has 1 saturated heterocycles. The average molecular weight is 521 g/mol. The maximum absolute atomic E-state index is 12.6. The highest BCUT2D eigenvalue weighted by atomic mass is 16.8. The van der Waals surface area contributed by atoms with Gasteiger partial charge in [0.1, 0.15) is 31.2 Å². The van der Waals surface area contributed by atoms with Crippen molar-refractivity contribution < 1.29 is 28.5 Å². The highest BCUT2D eigenvalue weighted by Crippen LogP contribution is 2.61. The standard InChI is InChI=1S/C32H40O6/c1-31(2)36-20-24(38-31)19-35-30(33)37-29-14-13-28-27-11-9-22-17-23(34-18-21-7-5-4-6-8-21)10-12-25(22)26(27)15-16-32(28,29)3/h4-8,10,12,17,24,26-29H,9,11,13-16,18-20H2,1-3H3/t24?,26-,27-,28+,29-,32+/m1/s1. The number of hydrogen-bond acceptors (Lipinski definition) is 6. The first-order valence-electron chi connectivity index (χ1n) is 14.3. The van der Waals surface area contributed by atoms with Crippen molar-refractivity contribution in [3.05, 3.63) is 65.2 Å². The number of aryl methyl sites for hydroxylation is 1. The Morgan fingerprint density at radius 3 is 2.66 bits per heavy atom. The zero-order valence-corrected chi connectivity index (χ0v) is 22.8. The van der Waals surface area contributed by atoms with E-state index in [2.05, 4.69) is 37.3 Å². The molecule has 38 heavy (non-hydrogen) atoms. The van der Waals surface area contributed by atoms with Gasteiger partial charge in [0.15, 0.2) is 5.79 Å². The lowest BCUT2D eigenvalue weighted by atomic mass is 9.55. The second kappa shape index (κ2) is 10.2. The number of carbonyl (C=O) groups is 1. The summed E-state index contributed by atoms with van der Waals surface area (Å²) < 4.78 is 28.8. The second-order valence-corrected chi connectivity index (χ2v) is 12.3. The summed E-state index contributed by atoms with van der Waals surface area (Å²) in [5.74, 6) is 2.10. The van der Waals surface area contributed by atoms with E-state index < -0.39 is 11.9 Å². The van der Waals surface area contributed by atoms with Crippen LogP contribution in [-0.2, 0) is 32.0 Å². The first-order valence-corrected chi connectivity index (χ1v) is 14.3. The number of rotatable bonds is 6. The van der Waals surface area contributed by atoms with Gasteiger partial charge >= 0.3 is 6.16 Å². The molecule has 0 aromatic heterocycles. The lowest BCUT2D eigenvalue weighted by Gasteiger charge is -2.50. The molecule has 2 aromatic rings. The summed E-state index contributed by atoms with van der Waals surface area (Å²) >= 11 is 0. The summed E-state index contributed by atoms with van der Waals surface area (Å²) in [5.41, 5.74) is 4.13. The minimum atomic E-state index is -0.627. The lowest BCUT2D eigenvalue weighted by Crippen LogP contribution is -2.45. The van der Waals surface area contributed by atoms with Gasteiger partial charge in [-0.15, -0.1) is 0 Å². The van der Waals surface area contributed by atoms with Crippen LogP contribution >= 0.6 is 0 Å². The van der Waals surface area contributed by atoms with E-state index in [1.807, 2.05) is 32.0 Å². The fraction of sp³-hybridized carbons (Fsp3) is 0.594. The van der Waals surface area contributed by atoms with Crippen molar-refractivity contribution in [2.24, 2.45) is 17.3 Å². The normalized spacial score (nSPS) is 33.1. The summed E-state index contributed by atoms with van der Waals surface area (Å²) in [6.07, 6.45) is 5.57. The van der Waals surface area contributed by atoms with Gasteiger partial charge in [-0.05, 0) is 98.9 Å². The topological polar surface area (TPSA) is 63.2 Å². The van der Waals surface area contributed by atoms with Crippen molar-refractivity contribution in [2.75, 3.05) is 13.2 Å². The Labute approximate surface area is 225 Å². The maximum atomic E-state index is 12.6. The number of benzene rings is 2. The SMILES string of the molecule is CC1(C)OCC(COC(=O)O[C@@H]2CC[C@H]3[C@@H]4CCc5cc(OCc6ccccc6)ccc5[C@H]4CC[C@]23C)O1. The number of ether oxygens (including phenoxy) is 5. The highest BCUT2D eigenvalue weighted by molar-refractivity contribution is 5.60. The van der Waals surface area contributed by atoms with Gasteiger partial charge in [-0.3, -0.25) is 0 Å². The van der Waals surface area contributed by atoms with E-state index in [4.69, 9.17) is 23.7 Å². The average Bonchev–Trinajstić information content (AvgIpc) is 3.44. The summed E-state index contributed by atoms with van der Waals surface area (Å²) in [4.78, 5) is 12.6. The Bertz CT molecular complexity index is 1150. The number of hydrogen-bond donors (Lipinski definition) is 0. The predicted octanol–water partition coefficient (Wildman–Crippen LogP) is 6.80. The van der Waals surface area contributed by atoms with Crippen LogP contribution < -0.4 is 4.74 Å². The van der Waals surface area contributed by atoms with Gasteiger partial charge in [-0.1, -0.05) is 43.3 Å². The van der Waals surface area contributed by atoms with Gasteiger partial charge in [0.25, 0.3) is 0 Å². The molecule has 0 radical (unpaired) electrons. The summed E-state index contributed by atoms with van der Waals surface area (Å²) in [6.45, 7) is 7.25. The Kier molecular flexibility index (Phi) is 6.89. The van der Waals surface area contributed by atoms with Crippen molar-refractivity contribution in [3.63, 3.8) is 0 Å². The maximum Gasteiger partial charge on any atom is 0.508 e. The molecule has 2 saturated carbocycles. The third-order valence-electron chi connectivity index (χ3n) is 9.55. The molecule has 0 bridgehead atoms. The Balaban J connectivity index is 1.06. The molecule has 1 heterocycles. The third-order valence-corrected chi connectivity index (χ3v) is 9.55. The molecule has 3 aliphatic carbocycles. The fourth-order valence-corrected chi connectivity index (χ4v) is 7.69. The molecule has 4 aliphatic rings. The van der Waals surface area contributed by atoms with Crippen molar-refractivity contribution in [2.45, 2.75) is 89.8 Å². The smallest absolute Gasteiger partial charge is 0.489 e. The van der Waals surface area contributed by atoms with E-state index >= 15 is 0 Å². The summed E-state index contributed by atoms with van der Waals surface area (Å²) in [7, 11) is 0. The van der Waals surface area contributed by atoms with Crippen LogP contribution in [0.4, 0.5) is 4.79 Å². The van der Waals surface area contributed by atoms with Gasteiger partial charge in [0.05, 0.1) is 6.61 Å². The van der Waals surface area contributed by atoms with Gasteiger partial charge < -0.3 is 23.7 Å². The van der Waals surface area contributed by atoms with Gasteiger partial charge in [0.2, 0.25) is 0 Å². The molecule has 1 unspecified atom stereocenters. The largest absolute Gasteiger partial charge is 0.508 e. The van der Waals surface area contributed by atoms with Gasteiger partial charge in [-0.2, -0.15) is 0 Å². The molecule has 0 amide bonds. The van der Waals surface area contributed by atoms with Crippen LogP contribution in [0.25, 0.3) is 0 Å². The molecule has 3 fully saturated rings. The van der Waals surface area contributed by atoms with E-state index in [0.29, 0.717) is 31.0 Å². The van der Waals surface area contributed by atoms with Crippen LogP contribution in [-0.4, -0.2) is 37.4 Å². The van der Waals surface area contributed by atoms with Crippen LogP contribution in [0.2, 0.25) is 0 Å². The molecule has 2 aromatic carbocycles. The zero-order valence-electron chi connectivity index (χ0n) is 22.8. The van der Waals surface area contributed by atoms with Crippen LogP contribution in [0.3, 0.4) is 0 Å². The quantitative estimate of drug-likeness (QED) is 0.391. The van der Waals surface area contributed by atoms with Crippen molar-refractivity contribution in [1.82, 2.24) is 0 Å². The lowest BCUT2D eigenvalue weighted by molar-refractivity contribution is -0.144. The van der Waals surface area contributed by atoms with E-state index in [0.717, 1.165) is 37.9 Å². The number of carbonyl (C=O) groups excluding carboxylic acids is 1. The molecule has 6 atom stereocenters. The van der Waals surface area contributed by atoms with Crippen LogP contribution in [0, 0.1) is 17.3 Å². The number of fused-ring (bicyclic) bond motifs is 5. The fourth-order valence-electron chi connectivity index (χ4n) is 7.69. The predicted molar refractivity (Wildman–Crippen MR) is 143 cm³/mol. The molecule has 6 nitrogen and oxygen atoms in total. The van der Waals surface area contributed by atoms with E-state index in [1.54, 1.807) is 0 Å². The molecule has 6 heteroatoms. The molecular formula is C32H40O6. The minimum absolute atomic E-state index is 0.00534. The molecule has 1 aliphatic heterocycles. The van der Waals surface area contributed by atoms with Gasteiger partial charge in [0, 0.05) is 5.41 Å². The second-order valence-electron chi connectivity index (χ2n) is 12.3. The first-order chi connectivity index (χ1) is 18.3. The summed E-state index contributed by atoms with van der Waals surface area (Å²) in [6, 6.07) is 17.0. The Morgan fingerprint density at radius 2 is 1.87 bits per heavy atom. The molecular weight excluding hydrogens is 480 g/mol. The zero-order chi connectivity index (χ0) is 26.3. The van der Waals surface area contributed by atoms with E-state index in [-0.39, 0.29) is 24.2 Å². The van der Waals surface area contributed by atoms with Crippen LogP contribution in [0.1, 0.15) is 75.5 Å². The van der Waals surface area contributed by atoms with Crippen molar-refractivity contribution in [3.8, 4) is 5.75 Å². The molecule has 204 valence electrons. The van der Waals surface area contributed by atoms with Crippen molar-refractivity contribution in [1.29, 1.82) is 0 Å². The van der Waals surface area contributed by atoms with E-state index in [9.17, 15) is 4.79 Å². The summed E-state index contributed by atoms with van der Waals surface area (Å²) in [5, 5.41) is 0. The monoisotopic (exact) mass is 520 g/mol. The van der Waals surface area contributed by atoms with E-state index in [1.165, 1.54) is 23.1 Å². The van der Waals surface area contributed by atoms with Crippen molar-refractivity contribution >= 4 is 6.16 Å².